The summed E-state index contributed by atoms with van der Waals surface area (Å²) in [6.07, 6.45) is 0. The number of para-hydroxylation sites is 1. The number of hydrogen-bond acceptors (Lipinski definition) is 6. The number of esters is 1. The van der Waals surface area contributed by atoms with E-state index in [-0.39, 0.29) is 17.1 Å². The van der Waals surface area contributed by atoms with Gasteiger partial charge in [0.05, 0.1) is 4.92 Å². The fourth-order valence-electron chi connectivity index (χ4n) is 2.37. The molecule has 1 N–H and O–H groups in total. The van der Waals surface area contributed by atoms with Gasteiger partial charge in [0.1, 0.15) is 11.3 Å². The molecule has 2 aromatic carbocycles. The number of fused-ring (bicyclic) bond motifs is 1. The van der Waals surface area contributed by atoms with Gasteiger partial charge < -0.3 is 14.5 Å². The van der Waals surface area contributed by atoms with Gasteiger partial charge in [-0.2, -0.15) is 0 Å². The average molecular weight is 354 g/mol. The minimum absolute atomic E-state index is 0.0275. The number of aryl methyl sites for hydroxylation is 1. The lowest BCUT2D eigenvalue weighted by Crippen LogP contribution is -2.21. The number of anilines is 1. The van der Waals surface area contributed by atoms with Gasteiger partial charge in [0.25, 0.3) is 11.6 Å². The molecule has 0 fully saturated rings. The first-order valence-corrected chi connectivity index (χ1v) is 7.64. The molecule has 3 rings (SSSR count). The fourth-order valence-corrected chi connectivity index (χ4v) is 2.37. The molecule has 8 heteroatoms. The number of carbonyl (C=O) groups excluding carboxylic acids is 2. The predicted molar refractivity (Wildman–Crippen MR) is 93.0 cm³/mol. The lowest BCUT2D eigenvalue weighted by molar-refractivity contribution is -0.384. The van der Waals surface area contributed by atoms with E-state index in [9.17, 15) is 19.7 Å². The van der Waals surface area contributed by atoms with Crippen LogP contribution in [0.5, 0.6) is 0 Å². The fraction of sp³-hybridized carbons (Fsp3) is 0.111. The second-order valence-corrected chi connectivity index (χ2v) is 5.55. The molecule has 0 aliphatic carbocycles. The summed E-state index contributed by atoms with van der Waals surface area (Å²) in [5.74, 6) is -1.52. The van der Waals surface area contributed by atoms with Crippen molar-refractivity contribution in [2.45, 2.75) is 6.92 Å². The van der Waals surface area contributed by atoms with Crippen molar-refractivity contribution in [1.29, 1.82) is 0 Å². The zero-order valence-electron chi connectivity index (χ0n) is 13.7. The van der Waals surface area contributed by atoms with Gasteiger partial charge in [-0.05, 0) is 30.7 Å². The van der Waals surface area contributed by atoms with Crippen LogP contribution >= 0.6 is 0 Å². The smallest absolute Gasteiger partial charge is 0.374 e. The van der Waals surface area contributed by atoms with E-state index in [0.717, 1.165) is 5.39 Å². The maximum Gasteiger partial charge on any atom is 0.374 e. The van der Waals surface area contributed by atoms with Crippen molar-refractivity contribution in [3.05, 3.63) is 70.0 Å². The zero-order valence-corrected chi connectivity index (χ0v) is 13.7. The number of nitro benzene ring substituents is 1. The number of nitro groups is 1. The summed E-state index contributed by atoms with van der Waals surface area (Å²) < 4.78 is 10.2. The van der Waals surface area contributed by atoms with Gasteiger partial charge in [-0.1, -0.05) is 24.3 Å². The molecule has 1 heterocycles. The molecule has 132 valence electrons. The van der Waals surface area contributed by atoms with Gasteiger partial charge in [0.2, 0.25) is 5.76 Å². The Bertz CT molecular complexity index is 975. The van der Waals surface area contributed by atoms with Crippen molar-refractivity contribution < 1.29 is 23.7 Å². The summed E-state index contributed by atoms with van der Waals surface area (Å²) in [7, 11) is 0. The SMILES string of the molecule is Cc1ccc(NC(=O)COC(=O)c2cc3ccccc3o2)c([N+](=O)[O-])c1. The van der Waals surface area contributed by atoms with Crippen LogP contribution in [0.15, 0.2) is 52.9 Å². The first-order valence-electron chi connectivity index (χ1n) is 7.64. The minimum atomic E-state index is -0.797. The number of hydrogen-bond donors (Lipinski definition) is 1. The number of amides is 1. The number of furan rings is 1. The number of nitrogens with zero attached hydrogens (tertiary/aromatic N) is 1. The van der Waals surface area contributed by atoms with Crippen LogP contribution in [0.1, 0.15) is 16.1 Å². The highest BCUT2D eigenvalue weighted by atomic mass is 16.6. The lowest BCUT2D eigenvalue weighted by atomic mass is 10.2. The monoisotopic (exact) mass is 354 g/mol. The standard InChI is InChI=1S/C18H14N2O6/c1-11-6-7-13(14(8-11)20(23)24)19-17(21)10-25-18(22)16-9-12-4-2-3-5-15(12)26-16/h2-9H,10H2,1H3,(H,19,21). The molecule has 0 aliphatic heterocycles. The van der Waals surface area contributed by atoms with Crippen LogP contribution in [0.2, 0.25) is 0 Å². The maximum absolute atomic E-state index is 12.0. The second kappa shape index (κ2) is 7.06. The number of carbonyl (C=O) groups is 2. The molecule has 0 atom stereocenters. The summed E-state index contributed by atoms with van der Waals surface area (Å²) >= 11 is 0. The Balaban J connectivity index is 1.64. The number of ether oxygens (including phenoxy) is 1. The molecule has 26 heavy (non-hydrogen) atoms. The Morgan fingerprint density at radius 3 is 2.69 bits per heavy atom. The van der Waals surface area contributed by atoms with E-state index in [4.69, 9.17) is 9.15 Å². The average Bonchev–Trinajstić information content (AvgIpc) is 3.05. The Morgan fingerprint density at radius 2 is 1.96 bits per heavy atom. The quantitative estimate of drug-likeness (QED) is 0.427. The molecule has 0 spiro atoms. The van der Waals surface area contributed by atoms with Crippen molar-refractivity contribution in [3.8, 4) is 0 Å². The lowest BCUT2D eigenvalue weighted by Gasteiger charge is -2.07. The van der Waals surface area contributed by atoms with E-state index >= 15 is 0 Å². The largest absolute Gasteiger partial charge is 0.450 e. The van der Waals surface area contributed by atoms with E-state index in [2.05, 4.69) is 5.32 Å². The van der Waals surface area contributed by atoms with Crippen molar-refractivity contribution in [2.24, 2.45) is 0 Å². The van der Waals surface area contributed by atoms with Gasteiger partial charge >= 0.3 is 5.97 Å². The highest BCUT2D eigenvalue weighted by Gasteiger charge is 2.18. The van der Waals surface area contributed by atoms with Crippen LogP contribution in [-0.4, -0.2) is 23.4 Å². The maximum atomic E-state index is 12.0. The minimum Gasteiger partial charge on any atom is -0.450 e. The molecule has 1 amide bonds. The molecule has 0 aliphatic rings. The molecule has 3 aromatic rings. The van der Waals surface area contributed by atoms with Gasteiger partial charge in [-0.3, -0.25) is 14.9 Å². The molecule has 0 unspecified atom stereocenters. The normalized spacial score (nSPS) is 10.5. The first kappa shape index (κ1) is 17.2. The van der Waals surface area contributed by atoms with Crippen LogP contribution in [-0.2, 0) is 9.53 Å². The highest BCUT2D eigenvalue weighted by Crippen LogP contribution is 2.25. The van der Waals surface area contributed by atoms with Crippen LogP contribution in [0.4, 0.5) is 11.4 Å². The Hall–Kier alpha value is -3.68. The van der Waals surface area contributed by atoms with Crippen molar-refractivity contribution >= 4 is 34.2 Å². The summed E-state index contributed by atoms with van der Waals surface area (Å²) in [5, 5.41) is 14.1. The highest BCUT2D eigenvalue weighted by molar-refractivity contribution is 5.97. The Labute approximate surface area is 147 Å². The van der Waals surface area contributed by atoms with Gasteiger partial charge in [0, 0.05) is 11.5 Å². The molecule has 0 bridgehead atoms. The van der Waals surface area contributed by atoms with Crippen molar-refractivity contribution in [1.82, 2.24) is 0 Å². The molecule has 0 radical (unpaired) electrons. The molecular weight excluding hydrogens is 340 g/mol. The summed E-state index contributed by atoms with van der Waals surface area (Å²) in [6.45, 7) is 1.11. The van der Waals surface area contributed by atoms with Gasteiger partial charge in [-0.25, -0.2) is 4.79 Å². The van der Waals surface area contributed by atoms with Crippen molar-refractivity contribution in [2.75, 3.05) is 11.9 Å². The molecule has 1 aromatic heterocycles. The zero-order chi connectivity index (χ0) is 18.7. The third-order valence-corrected chi connectivity index (χ3v) is 3.59. The van der Waals surface area contributed by atoms with E-state index in [0.29, 0.717) is 11.1 Å². The number of benzene rings is 2. The molecule has 0 saturated carbocycles. The predicted octanol–water partition coefficient (Wildman–Crippen LogP) is 3.44. The third kappa shape index (κ3) is 3.69. The molecule has 0 saturated heterocycles. The number of nitrogens with one attached hydrogen (secondary N) is 1. The number of rotatable bonds is 5. The van der Waals surface area contributed by atoms with Crippen LogP contribution in [0, 0.1) is 17.0 Å². The van der Waals surface area contributed by atoms with E-state index in [1.54, 1.807) is 37.3 Å². The van der Waals surface area contributed by atoms with Crippen LogP contribution < -0.4 is 5.32 Å². The summed E-state index contributed by atoms with van der Waals surface area (Å²) in [5.41, 5.74) is 1.01. The Morgan fingerprint density at radius 1 is 1.19 bits per heavy atom. The van der Waals surface area contributed by atoms with Crippen LogP contribution in [0.3, 0.4) is 0 Å². The van der Waals surface area contributed by atoms with E-state index in [1.165, 1.54) is 18.2 Å². The van der Waals surface area contributed by atoms with Gasteiger partial charge in [-0.15, -0.1) is 0 Å². The van der Waals surface area contributed by atoms with Gasteiger partial charge in [0.15, 0.2) is 6.61 Å². The Kier molecular flexibility index (Phi) is 4.66. The summed E-state index contributed by atoms with van der Waals surface area (Å²) in [4.78, 5) is 34.4. The molecule has 8 nitrogen and oxygen atoms in total. The summed E-state index contributed by atoms with van der Waals surface area (Å²) in [6, 6.07) is 13.0. The molecular formula is C18H14N2O6. The van der Waals surface area contributed by atoms with Crippen LogP contribution in [0.25, 0.3) is 11.0 Å². The van der Waals surface area contributed by atoms with E-state index in [1.807, 2.05) is 0 Å². The van der Waals surface area contributed by atoms with Crippen molar-refractivity contribution in [3.63, 3.8) is 0 Å². The first-order chi connectivity index (χ1) is 12.4. The second-order valence-electron chi connectivity index (χ2n) is 5.55. The van der Waals surface area contributed by atoms with E-state index < -0.39 is 23.4 Å². The topological polar surface area (TPSA) is 112 Å². The third-order valence-electron chi connectivity index (χ3n) is 3.59.